The molecule has 0 heterocycles. The Morgan fingerprint density at radius 1 is 1.60 bits per heavy atom. The predicted molar refractivity (Wildman–Crippen MR) is 19.8 cm³/mol. The van der Waals surface area contributed by atoms with Crippen LogP contribution >= 0.6 is 0 Å². The maximum Gasteiger partial charge on any atom is 0.209 e. The molecule has 0 aliphatic rings. The minimum Gasteiger partial charge on any atom is -0.351 e. The topological polar surface area (TPSA) is 20.3 Å². The zero-order valence-electron chi connectivity index (χ0n) is 3.43. The first-order chi connectivity index (χ1) is 2.27. The molecule has 0 saturated heterocycles. The zero-order valence-corrected chi connectivity index (χ0v) is 3.43. The standard InChI is InChI=1S/C3H7NO/c1-4(2)3-5/h3H,1-2H3/i4+1. The molecule has 0 fully saturated rings. The summed E-state index contributed by atoms with van der Waals surface area (Å²) in [4.78, 5) is 10.9. The minimum atomic E-state index is 0.750. The Balaban J connectivity index is 2.83. The summed E-state index contributed by atoms with van der Waals surface area (Å²) >= 11 is 0. The quantitative estimate of drug-likeness (QED) is 0.309. The number of carbonyl (C=O) groups is 1. The SMILES string of the molecule is C[15N](C)C=O. The molecular weight excluding hydrogens is 67.0 g/mol. The molecule has 0 N–H and O–H groups in total. The fraction of sp³-hybridized carbons (Fsp3) is 0.667. The Morgan fingerprint density at radius 3 is 1.80 bits per heavy atom. The molecule has 0 atom stereocenters. The van der Waals surface area contributed by atoms with Gasteiger partial charge in [0.15, 0.2) is 0 Å². The molecule has 0 aromatic carbocycles. The Kier molecular flexibility index (Phi) is 1.57. The van der Waals surface area contributed by atoms with Crippen molar-refractivity contribution in [3.63, 3.8) is 0 Å². The van der Waals surface area contributed by atoms with Crippen LogP contribution in [0, 0.1) is 0 Å². The van der Waals surface area contributed by atoms with Gasteiger partial charge in [-0.15, -0.1) is 0 Å². The van der Waals surface area contributed by atoms with E-state index in [4.69, 9.17) is 0 Å². The van der Waals surface area contributed by atoms with Crippen molar-refractivity contribution in [3.05, 3.63) is 0 Å². The smallest absolute Gasteiger partial charge is 0.209 e. The molecule has 5 heavy (non-hydrogen) atoms. The van der Waals surface area contributed by atoms with Crippen LogP contribution in [0.1, 0.15) is 0 Å². The van der Waals surface area contributed by atoms with Crippen LogP contribution in [0.15, 0.2) is 0 Å². The first-order valence-electron chi connectivity index (χ1n) is 1.39. The molecule has 0 radical (unpaired) electrons. The van der Waals surface area contributed by atoms with Gasteiger partial charge in [0.2, 0.25) is 6.41 Å². The summed E-state index contributed by atoms with van der Waals surface area (Å²) in [6, 6.07) is 0. The van der Waals surface area contributed by atoms with Gasteiger partial charge in [-0.1, -0.05) is 0 Å². The van der Waals surface area contributed by atoms with Crippen LogP contribution in [0.4, 0.5) is 0 Å². The molecule has 0 bridgehead atoms. The lowest BCUT2D eigenvalue weighted by Crippen LogP contribution is -2.06. The number of nitrogens with zero attached hydrogens (tertiary/aromatic N) is 1. The van der Waals surface area contributed by atoms with Gasteiger partial charge >= 0.3 is 0 Å². The third kappa shape index (κ3) is 3.47. The second-order valence-electron chi connectivity index (χ2n) is 1.07. The first-order valence-corrected chi connectivity index (χ1v) is 1.39. The van der Waals surface area contributed by atoms with Crippen LogP contribution in [0.25, 0.3) is 0 Å². The molecule has 1 amide bonds. The van der Waals surface area contributed by atoms with E-state index in [0.29, 0.717) is 0 Å². The van der Waals surface area contributed by atoms with Gasteiger partial charge in [-0.3, -0.25) is 4.79 Å². The third-order valence-corrected chi connectivity index (χ3v) is 0.211. The second kappa shape index (κ2) is 1.76. The van der Waals surface area contributed by atoms with E-state index in [1.54, 1.807) is 14.1 Å². The van der Waals surface area contributed by atoms with Crippen molar-refractivity contribution in [2.45, 2.75) is 0 Å². The van der Waals surface area contributed by atoms with Crippen LogP contribution in [0.2, 0.25) is 0 Å². The van der Waals surface area contributed by atoms with Crippen molar-refractivity contribution in [2.75, 3.05) is 14.1 Å². The number of rotatable bonds is 1. The average Bonchev–Trinajstić information content (AvgIpc) is 1.38. The second-order valence-corrected chi connectivity index (χ2v) is 1.07. The molecular formula is C3H7NO. The van der Waals surface area contributed by atoms with E-state index in [9.17, 15) is 4.79 Å². The Morgan fingerprint density at radius 2 is 1.80 bits per heavy atom. The van der Waals surface area contributed by atoms with E-state index >= 15 is 0 Å². The van der Waals surface area contributed by atoms with E-state index in [2.05, 4.69) is 0 Å². The summed E-state index contributed by atoms with van der Waals surface area (Å²) in [6.45, 7) is 0. The zero-order chi connectivity index (χ0) is 4.28. The van der Waals surface area contributed by atoms with Gasteiger partial charge in [-0.25, -0.2) is 0 Å². The van der Waals surface area contributed by atoms with Crippen molar-refractivity contribution in [2.24, 2.45) is 0 Å². The van der Waals surface area contributed by atoms with Gasteiger partial charge < -0.3 is 4.90 Å². The summed E-state index contributed by atoms with van der Waals surface area (Å²) in [5, 5.41) is 0. The summed E-state index contributed by atoms with van der Waals surface area (Å²) in [5.74, 6) is 0. The van der Waals surface area contributed by atoms with E-state index in [1.165, 1.54) is 4.90 Å². The van der Waals surface area contributed by atoms with Crippen LogP contribution in [-0.2, 0) is 4.79 Å². The van der Waals surface area contributed by atoms with Crippen LogP contribution < -0.4 is 0 Å². The average molecular weight is 74.1 g/mol. The highest BCUT2D eigenvalue weighted by Crippen LogP contribution is 1.52. The Bertz CT molecular complexity index is 33.9. The molecule has 0 aromatic rings. The molecule has 2 heteroatoms. The van der Waals surface area contributed by atoms with Gasteiger partial charge in [-0.2, -0.15) is 0 Å². The number of amides is 1. The Labute approximate surface area is 31.4 Å². The van der Waals surface area contributed by atoms with Gasteiger partial charge in [0.1, 0.15) is 0 Å². The normalized spacial score (nSPS) is 6.80. The number of carbonyl (C=O) groups excluding carboxylic acids is 1. The highest BCUT2D eigenvalue weighted by molar-refractivity contribution is 5.45. The van der Waals surface area contributed by atoms with E-state index in [0.717, 1.165) is 6.41 Å². The van der Waals surface area contributed by atoms with Gasteiger partial charge in [0.25, 0.3) is 0 Å². The van der Waals surface area contributed by atoms with Crippen LogP contribution in [-0.4, -0.2) is 25.4 Å². The lowest BCUT2D eigenvalue weighted by Gasteiger charge is -1.93. The highest BCUT2D eigenvalue weighted by atomic mass is 16.2. The molecule has 0 aromatic heterocycles. The molecule has 0 unspecified atom stereocenters. The predicted octanol–water partition coefficient (Wildman–Crippen LogP) is -0.296. The van der Waals surface area contributed by atoms with Crippen LogP contribution in [0.5, 0.6) is 0 Å². The molecule has 2 nitrogen and oxygen atoms in total. The lowest BCUT2D eigenvalue weighted by molar-refractivity contribution is -0.115. The monoisotopic (exact) mass is 74.0 g/mol. The number of hydrogen-bond donors (Lipinski definition) is 0. The van der Waals surface area contributed by atoms with Crippen molar-refractivity contribution in [1.82, 2.24) is 4.90 Å². The minimum absolute atomic E-state index is 0.750. The van der Waals surface area contributed by atoms with Crippen LogP contribution in [0.3, 0.4) is 0 Å². The fourth-order valence-corrected chi connectivity index (χ4v) is 0. The fourth-order valence-electron chi connectivity index (χ4n) is 0. The Hall–Kier alpha value is -0.530. The highest BCUT2D eigenvalue weighted by Gasteiger charge is 1.68. The molecule has 0 spiro atoms. The summed E-state index contributed by atoms with van der Waals surface area (Å²) in [6.07, 6.45) is 0.750. The summed E-state index contributed by atoms with van der Waals surface area (Å²) in [7, 11) is 3.38. The van der Waals surface area contributed by atoms with Gasteiger partial charge in [0.05, 0.1) is 0 Å². The van der Waals surface area contributed by atoms with E-state index < -0.39 is 0 Å². The van der Waals surface area contributed by atoms with Gasteiger partial charge in [-0.05, 0) is 0 Å². The summed E-state index contributed by atoms with van der Waals surface area (Å²) in [5.41, 5.74) is 0. The molecule has 0 rings (SSSR count). The number of hydrogen-bond acceptors (Lipinski definition) is 1. The maximum atomic E-state index is 9.43. The largest absolute Gasteiger partial charge is 0.351 e. The molecule has 0 saturated carbocycles. The van der Waals surface area contributed by atoms with Crippen molar-refractivity contribution < 1.29 is 4.79 Å². The van der Waals surface area contributed by atoms with Gasteiger partial charge in [0, 0.05) is 14.1 Å². The van der Waals surface area contributed by atoms with Crippen molar-refractivity contribution >= 4 is 6.41 Å². The lowest BCUT2D eigenvalue weighted by atomic mass is 11.2. The van der Waals surface area contributed by atoms with Crippen molar-refractivity contribution in [1.29, 1.82) is 0 Å². The maximum absolute atomic E-state index is 9.43. The van der Waals surface area contributed by atoms with Crippen molar-refractivity contribution in [3.8, 4) is 0 Å². The van der Waals surface area contributed by atoms with E-state index in [1.807, 2.05) is 0 Å². The molecule has 30 valence electrons. The molecule has 0 aliphatic heterocycles. The first kappa shape index (κ1) is 4.47. The third-order valence-electron chi connectivity index (χ3n) is 0.211. The summed E-state index contributed by atoms with van der Waals surface area (Å²) < 4.78 is 0. The van der Waals surface area contributed by atoms with E-state index in [-0.39, 0.29) is 0 Å². The molecule has 0 aliphatic carbocycles.